The maximum atomic E-state index is 12.7. The van der Waals surface area contributed by atoms with Gasteiger partial charge >= 0.3 is 0 Å². The highest BCUT2D eigenvalue weighted by molar-refractivity contribution is 5.79. The monoisotopic (exact) mass is 345 g/mol. The van der Waals surface area contributed by atoms with E-state index < -0.39 is 0 Å². The second-order valence-electron chi connectivity index (χ2n) is 7.52. The lowest BCUT2D eigenvalue weighted by atomic mass is 9.89. The second-order valence-corrected chi connectivity index (χ2v) is 7.52. The van der Waals surface area contributed by atoms with Crippen LogP contribution in [0.4, 0.5) is 0 Å². The van der Waals surface area contributed by atoms with Crippen LogP contribution in [0, 0.1) is 11.8 Å². The van der Waals surface area contributed by atoms with E-state index in [1.54, 1.807) is 0 Å². The molecule has 0 aromatic heterocycles. The van der Waals surface area contributed by atoms with Crippen molar-refractivity contribution in [3.05, 3.63) is 35.9 Å². The van der Waals surface area contributed by atoms with Crippen molar-refractivity contribution < 1.29 is 4.79 Å². The van der Waals surface area contributed by atoms with Crippen molar-refractivity contribution in [1.82, 2.24) is 10.6 Å². The summed E-state index contributed by atoms with van der Waals surface area (Å²) in [6, 6.07) is 10.7. The molecule has 0 saturated heterocycles. The number of nitrogens with one attached hydrogen (secondary N) is 2. The maximum Gasteiger partial charge on any atom is 0.223 e. The van der Waals surface area contributed by atoms with Crippen LogP contribution in [-0.4, -0.2) is 24.5 Å². The van der Waals surface area contributed by atoms with Crippen LogP contribution in [-0.2, 0) is 4.79 Å². The highest BCUT2D eigenvalue weighted by Gasteiger charge is 2.34. The average molecular weight is 346 g/mol. The number of hydrogen-bond donors (Lipinski definition) is 3. The lowest BCUT2D eigenvalue weighted by Gasteiger charge is -2.37. The minimum Gasteiger partial charge on any atom is -0.354 e. The van der Waals surface area contributed by atoms with Gasteiger partial charge in [0.05, 0.1) is 0 Å². The van der Waals surface area contributed by atoms with Crippen LogP contribution < -0.4 is 16.4 Å². The Morgan fingerprint density at radius 2 is 1.92 bits per heavy atom. The minimum absolute atomic E-state index is 0.0816. The van der Waals surface area contributed by atoms with E-state index in [2.05, 4.69) is 55.7 Å². The molecule has 25 heavy (non-hydrogen) atoms. The molecule has 1 aromatic rings. The Kier molecular flexibility index (Phi) is 7.45. The molecule has 0 heterocycles. The van der Waals surface area contributed by atoms with Gasteiger partial charge in [-0.15, -0.1) is 0 Å². The van der Waals surface area contributed by atoms with Gasteiger partial charge in [-0.2, -0.15) is 0 Å². The number of rotatable bonds is 9. The molecule has 1 saturated carbocycles. The molecule has 2 rings (SSSR count). The quantitative estimate of drug-likeness (QED) is 0.643. The predicted octanol–water partition coefficient (Wildman–Crippen LogP) is 3.39. The van der Waals surface area contributed by atoms with Gasteiger partial charge < -0.3 is 16.4 Å². The maximum absolute atomic E-state index is 12.7. The molecular weight excluding hydrogens is 310 g/mol. The van der Waals surface area contributed by atoms with Crippen molar-refractivity contribution in [1.29, 1.82) is 0 Å². The molecule has 0 bridgehead atoms. The van der Waals surface area contributed by atoms with E-state index in [4.69, 9.17) is 5.73 Å². The van der Waals surface area contributed by atoms with E-state index in [0.29, 0.717) is 19.0 Å². The van der Waals surface area contributed by atoms with Crippen molar-refractivity contribution in [2.75, 3.05) is 13.1 Å². The molecular formula is C21H35N3O. The van der Waals surface area contributed by atoms with Crippen LogP contribution in [0.2, 0.25) is 0 Å². The van der Waals surface area contributed by atoms with Gasteiger partial charge in [-0.05, 0) is 50.6 Å². The van der Waals surface area contributed by atoms with Gasteiger partial charge in [0.25, 0.3) is 0 Å². The average Bonchev–Trinajstić information content (AvgIpc) is 3.14. The first-order valence-corrected chi connectivity index (χ1v) is 9.85. The molecule has 4 N–H and O–H groups in total. The third-order valence-electron chi connectivity index (χ3n) is 6.08. The molecule has 1 aliphatic carbocycles. The number of carbonyl (C=O) groups is 1. The van der Waals surface area contributed by atoms with Gasteiger partial charge in [-0.25, -0.2) is 0 Å². The fraction of sp³-hybridized carbons (Fsp3) is 0.667. The Hall–Kier alpha value is -1.39. The van der Waals surface area contributed by atoms with Gasteiger partial charge in [-0.3, -0.25) is 4.79 Å². The molecule has 0 aliphatic heterocycles. The molecule has 1 fully saturated rings. The Morgan fingerprint density at radius 1 is 1.24 bits per heavy atom. The van der Waals surface area contributed by atoms with Crippen molar-refractivity contribution in [2.24, 2.45) is 17.6 Å². The van der Waals surface area contributed by atoms with E-state index in [9.17, 15) is 4.79 Å². The lowest BCUT2D eigenvalue weighted by molar-refractivity contribution is -0.126. The van der Waals surface area contributed by atoms with E-state index in [1.165, 1.54) is 5.56 Å². The number of hydrogen-bond acceptors (Lipinski definition) is 3. The van der Waals surface area contributed by atoms with Crippen LogP contribution in [0.15, 0.2) is 30.3 Å². The summed E-state index contributed by atoms with van der Waals surface area (Å²) in [6.45, 7) is 7.87. The summed E-state index contributed by atoms with van der Waals surface area (Å²) in [5, 5.41) is 7.01. The van der Waals surface area contributed by atoms with Crippen LogP contribution in [0.3, 0.4) is 0 Å². The van der Waals surface area contributed by atoms with Crippen LogP contribution in [0.25, 0.3) is 0 Å². The van der Waals surface area contributed by atoms with Crippen molar-refractivity contribution in [2.45, 2.75) is 64.5 Å². The number of nitrogens with two attached hydrogens (primary N) is 1. The molecule has 140 valence electrons. The summed E-state index contributed by atoms with van der Waals surface area (Å²) in [6.07, 6.45) is 5.14. The standard InChI is InChI=1S/C21H35N3O/c1-4-21(5-2,24-16(3)17-10-7-6-8-11-17)15-23-20(25)19-13-9-12-18(19)14-22/h6-8,10-11,16,18-19,24H,4-5,9,12-15,22H2,1-3H3,(H,23,25)/t16?,18-,19-/m1/s1. The molecule has 1 aromatic carbocycles. The first-order chi connectivity index (χ1) is 12.0. The number of carbonyl (C=O) groups excluding carboxylic acids is 1. The highest BCUT2D eigenvalue weighted by Crippen LogP contribution is 2.31. The molecule has 0 radical (unpaired) electrons. The first-order valence-electron chi connectivity index (χ1n) is 9.85. The fourth-order valence-corrected chi connectivity index (χ4v) is 4.09. The summed E-state index contributed by atoms with van der Waals surface area (Å²) >= 11 is 0. The van der Waals surface area contributed by atoms with Crippen LogP contribution in [0.1, 0.15) is 64.5 Å². The summed E-state index contributed by atoms with van der Waals surface area (Å²) in [7, 11) is 0. The molecule has 3 atom stereocenters. The Bertz CT molecular complexity index is 527. The number of amides is 1. The third kappa shape index (κ3) is 5.05. The van der Waals surface area contributed by atoms with Gasteiger partial charge in [0.2, 0.25) is 5.91 Å². The molecule has 1 amide bonds. The van der Waals surface area contributed by atoms with E-state index >= 15 is 0 Å². The molecule has 1 aliphatic rings. The summed E-state index contributed by atoms with van der Waals surface area (Å²) in [5.74, 6) is 0.644. The largest absolute Gasteiger partial charge is 0.354 e. The van der Waals surface area contributed by atoms with Crippen molar-refractivity contribution >= 4 is 5.91 Å². The van der Waals surface area contributed by atoms with Crippen LogP contribution >= 0.6 is 0 Å². The normalized spacial score (nSPS) is 21.9. The van der Waals surface area contributed by atoms with E-state index in [0.717, 1.165) is 32.1 Å². The zero-order valence-corrected chi connectivity index (χ0v) is 16.1. The molecule has 0 spiro atoms. The summed E-state index contributed by atoms with van der Waals surface area (Å²) < 4.78 is 0. The Morgan fingerprint density at radius 3 is 2.52 bits per heavy atom. The zero-order chi connectivity index (χ0) is 18.3. The summed E-state index contributed by atoms with van der Waals surface area (Å²) in [5.41, 5.74) is 7.03. The Labute approximate surface area is 153 Å². The second kappa shape index (κ2) is 9.35. The topological polar surface area (TPSA) is 67.2 Å². The minimum atomic E-state index is -0.0816. The van der Waals surface area contributed by atoms with Crippen molar-refractivity contribution in [3.8, 4) is 0 Å². The molecule has 4 heteroatoms. The molecule has 4 nitrogen and oxygen atoms in total. The SMILES string of the molecule is CCC(CC)(CNC(=O)[C@@H]1CCC[C@@H]1CN)NC(C)c1ccccc1. The zero-order valence-electron chi connectivity index (χ0n) is 16.1. The van der Waals surface area contributed by atoms with E-state index in [-0.39, 0.29) is 23.4 Å². The fourth-order valence-electron chi connectivity index (χ4n) is 4.09. The van der Waals surface area contributed by atoms with E-state index in [1.807, 2.05) is 6.07 Å². The number of benzene rings is 1. The lowest BCUT2D eigenvalue weighted by Crippen LogP contribution is -2.54. The smallest absolute Gasteiger partial charge is 0.223 e. The van der Waals surface area contributed by atoms with Crippen LogP contribution in [0.5, 0.6) is 0 Å². The molecule has 1 unspecified atom stereocenters. The highest BCUT2D eigenvalue weighted by atomic mass is 16.1. The van der Waals surface area contributed by atoms with Gasteiger partial charge in [-0.1, -0.05) is 50.6 Å². The van der Waals surface area contributed by atoms with Crippen molar-refractivity contribution in [3.63, 3.8) is 0 Å². The third-order valence-corrected chi connectivity index (χ3v) is 6.08. The Balaban J connectivity index is 1.98. The van der Waals surface area contributed by atoms with Gasteiger partial charge in [0, 0.05) is 24.0 Å². The first kappa shape index (κ1) is 19.9. The van der Waals surface area contributed by atoms with Gasteiger partial charge in [0.1, 0.15) is 0 Å². The predicted molar refractivity (Wildman–Crippen MR) is 104 cm³/mol. The van der Waals surface area contributed by atoms with Gasteiger partial charge in [0.15, 0.2) is 0 Å². The summed E-state index contributed by atoms with van der Waals surface area (Å²) in [4.78, 5) is 12.7.